The number of pyridine rings is 1. The lowest BCUT2D eigenvalue weighted by molar-refractivity contribution is 0.477. The van der Waals surface area contributed by atoms with E-state index in [1.807, 2.05) is 24.3 Å². The summed E-state index contributed by atoms with van der Waals surface area (Å²) >= 11 is 3.29. The summed E-state index contributed by atoms with van der Waals surface area (Å²) in [6, 6.07) is 11.0. The van der Waals surface area contributed by atoms with Crippen LogP contribution < -0.4 is 0 Å². The number of hydrogen-bond donors (Lipinski definition) is 1. The Labute approximate surface area is 90.4 Å². The van der Waals surface area contributed by atoms with Crippen molar-refractivity contribution < 1.29 is 5.11 Å². The molecule has 0 aliphatic heterocycles. The normalized spacial score (nSPS) is 10.1. The molecule has 0 saturated carbocycles. The molecule has 0 fully saturated rings. The van der Waals surface area contributed by atoms with E-state index >= 15 is 0 Å². The zero-order chi connectivity index (χ0) is 9.97. The van der Waals surface area contributed by atoms with Crippen LogP contribution in [0.5, 0.6) is 5.75 Å². The third-order valence-corrected chi connectivity index (χ3v) is 2.38. The summed E-state index contributed by atoms with van der Waals surface area (Å²) in [6.45, 7) is 0. The van der Waals surface area contributed by atoms with E-state index in [2.05, 4.69) is 20.9 Å². The van der Waals surface area contributed by atoms with Crippen molar-refractivity contribution in [2.45, 2.75) is 0 Å². The topological polar surface area (TPSA) is 33.1 Å². The summed E-state index contributed by atoms with van der Waals surface area (Å²) in [5.74, 6) is 0.283. The maximum Gasteiger partial charge on any atom is 0.123 e. The largest absolute Gasteiger partial charge is 0.507 e. The van der Waals surface area contributed by atoms with Crippen LogP contribution in [0.25, 0.3) is 11.1 Å². The molecule has 2 nitrogen and oxygen atoms in total. The maximum atomic E-state index is 9.62. The molecule has 0 aliphatic rings. The summed E-state index contributed by atoms with van der Waals surface area (Å²) < 4.78 is 0.762. The van der Waals surface area contributed by atoms with Crippen molar-refractivity contribution in [1.29, 1.82) is 0 Å². The van der Waals surface area contributed by atoms with E-state index in [4.69, 9.17) is 0 Å². The Kier molecular flexibility index (Phi) is 2.50. The van der Waals surface area contributed by atoms with Gasteiger partial charge in [0.2, 0.25) is 0 Å². The molecule has 0 spiro atoms. The summed E-state index contributed by atoms with van der Waals surface area (Å²) in [4.78, 5) is 4.03. The van der Waals surface area contributed by atoms with Gasteiger partial charge in [0.05, 0.1) is 0 Å². The first-order valence-corrected chi connectivity index (χ1v) is 4.96. The highest BCUT2D eigenvalue weighted by Gasteiger charge is 2.02. The Balaban J connectivity index is 2.55. The maximum absolute atomic E-state index is 9.62. The van der Waals surface area contributed by atoms with E-state index in [1.165, 1.54) is 0 Å². The number of halogens is 1. The first-order valence-electron chi connectivity index (χ1n) is 4.17. The van der Waals surface area contributed by atoms with Crippen LogP contribution in [0.15, 0.2) is 47.2 Å². The molecule has 1 aromatic carbocycles. The SMILES string of the molecule is Oc1ccccc1-c1ccnc(Br)c1. The lowest BCUT2D eigenvalue weighted by Gasteiger charge is -2.03. The molecule has 2 rings (SSSR count). The number of aromatic nitrogens is 1. The van der Waals surface area contributed by atoms with Crippen LogP contribution in [-0.2, 0) is 0 Å². The zero-order valence-corrected chi connectivity index (χ0v) is 8.90. The molecule has 2 aromatic rings. The molecule has 1 N–H and O–H groups in total. The van der Waals surface area contributed by atoms with Crippen LogP contribution in [0.4, 0.5) is 0 Å². The van der Waals surface area contributed by atoms with Crippen molar-refractivity contribution in [3.05, 3.63) is 47.2 Å². The number of phenolic OH excluding ortho intramolecular Hbond substituents is 1. The van der Waals surface area contributed by atoms with Gasteiger partial charge in [-0.15, -0.1) is 0 Å². The minimum Gasteiger partial charge on any atom is -0.507 e. The summed E-state index contributed by atoms with van der Waals surface area (Å²) in [6.07, 6.45) is 1.70. The molecule has 0 aliphatic carbocycles. The number of benzene rings is 1. The van der Waals surface area contributed by atoms with Crippen LogP contribution in [0.2, 0.25) is 0 Å². The van der Waals surface area contributed by atoms with Crippen LogP contribution >= 0.6 is 15.9 Å². The smallest absolute Gasteiger partial charge is 0.123 e. The molecule has 14 heavy (non-hydrogen) atoms. The number of aromatic hydroxyl groups is 1. The quantitative estimate of drug-likeness (QED) is 0.788. The number of nitrogens with zero attached hydrogens (tertiary/aromatic N) is 1. The summed E-state index contributed by atoms with van der Waals surface area (Å²) in [5.41, 5.74) is 1.76. The Bertz CT molecular complexity index is 457. The first kappa shape index (κ1) is 9.21. The van der Waals surface area contributed by atoms with Gasteiger partial charge in [0.15, 0.2) is 0 Å². The Morgan fingerprint density at radius 1 is 1.14 bits per heavy atom. The number of rotatable bonds is 1. The molecule has 1 aromatic heterocycles. The van der Waals surface area contributed by atoms with Gasteiger partial charge in [-0.3, -0.25) is 0 Å². The fraction of sp³-hybridized carbons (Fsp3) is 0. The van der Waals surface area contributed by atoms with E-state index in [0.29, 0.717) is 0 Å². The fourth-order valence-corrected chi connectivity index (χ4v) is 1.65. The standard InChI is InChI=1S/C11H8BrNO/c12-11-7-8(5-6-13-11)9-3-1-2-4-10(9)14/h1-7,14H. The Morgan fingerprint density at radius 3 is 2.64 bits per heavy atom. The van der Waals surface area contributed by atoms with Crippen molar-refractivity contribution in [2.75, 3.05) is 0 Å². The van der Waals surface area contributed by atoms with Crippen molar-refractivity contribution in [2.24, 2.45) is 0 Å². The second kappa shape index (κ2) is 3.80. The van der Waals surface area contributed by atoms with E-state index in [9.17, 15) is 5.11 Å². The number of hydrogen-bond acceptors (Lipinski definition) is 2. The van der Waals surface area contributed by atoms with Gasteiger partial charge in [0.25, 0.3) is 0 Å². The lowest BCUT2D eigenvalue weighted by atomic mass is 10.1. The summed E-state index contributed by atoms with van der Waals surface area (Å²) in [7, 11) is 0. The molecule has 70 valence electrons. The van der Waals surface area contributed by atoms with Crippen molar-refractivity contribution >= 4 is 15.9 Å². The number of para-hydroxylation sites is 1. The molecular weight excluding hydrogens is 242 g/mol. The molecule has 1 heterocycles. The molecular formula is C11H8BrNO. The first-order chi connectivity index (χ1) is 6.77. The van der Waals surface area contributed by atoms with Gasteiger partial charge in [0.1, 0.15) is 10.4 Å². The highest BCUT2D eigenvalue weighted by atomic mass is 79.9. The van der Waals surface area contributed by atoms with Crippen LogP contribution in [0.3, 0.4) is 0 Å². The van der Waals surface area contributed by atoms with Crippen LogP contribution in [0.1, 0.15) is 0 Å². The molecule has 0 atom stereocenters. The predicted molar refractivity (Wildman–Crippen MR) is 59.0 cm³/mol. The molecule has 0 amide bonds. The van der Waals surface area contributed by atoms with Gasteiger partial charge < -0.3 is 5.11 Å². The molecule has 0 radical (unpaired) electrons. The van der Waals surface area contributed by atoms with E-state index in [-0.39, 0.29) is 5.75 Å². The van der Waals surface area contributed by atoms with Crippen LogP contribution in [-0.4, -0.2) is 10.1 Å². The average Bonchev–Trinajstić information content (AvgIpc) is 2.18. The Hall–Kier alpha value is -1.35. The summed E-state index contributed by atoms with van der Waals surface area (Å²) in [5, 5.41) is 9.62. The van der Waals surface area contributed by atoms with Crippen molar-refractivity contribution in [3.63, 3.8) is 0 Å². The second-order valence-corrected chi connectivity index (χ2v) is 3.70. The van der Waals surface area contributed by atoms with E-state index in [0.717, 1.165) is 15.7 Å². The third-order valence-electron chi connectivity index (χ3n) is 1.94. The fourth-order valence-electron chi connectivity index (χ4n) is 1.29. The van der Waals surface area contributed by atoms with Crippen molar-refractivity contribution in [3.8, 4) is 16.9 Å². The predicted octanol–water partition coefficient (Wildman–Crippen LogP) is 3.22. The lowest BCUT2D eigenvalue weighted by Crippen LogP contribution is -1.80. The minimum atomic E-state index is 0.283. The zero-order valence-electron chi connectivity index (χ0n) is 7.31. The third kappa shape index (κ3) is 1.77. The van der Waals surface area contributed by atoms with Gasteiger partial charge in [-0.1, -0.05) is 18.2 Å². The molecule has 0 saturated heterocycles. The average molecular weight is 250 g/mol. The van der Waals surface area contributed by atoms with Gasteiger partial charge in [0, 0.05) is 11.8 Å². The monoisotopic (exact) mass is 249 g/mol. The highest BCUT2D eigenvalue weighted by Crippen LogP contribution is 2.29. The van der Waals surface area contributed by atoms with E-state index < -0.39 is 0 Å². The van der Waals surface area contributed by atoms with Gasteiger partial charge in [-0.2, -0.15) is 0 Å². The highest BCUT2D eigenvalue weighted by molar-refractivity contribution is 9.10. The Morgan fingerprint density at radius 2 is 1.93 bits per heavy atom. The van der Waals surface area contributed by atoms with Gasteiger partial charge >= 0.3 is 0 Å². The molecule has 0 unspecified atom stereocenters. The van der Waals surface area contributed by atoms with E-state index in [1.54, 1.807) is 18.3 Å². The van der Waals surface area contributed by atoms with Gasteiger partial charge in [-0.05, 0) is 39.7 Å². The molecule has 3 heteroatoms. The number of phenols is 1. The van der Waals surface area contributed by atoms with Crippen molar-refractivity contribution in [1.82, 2.24) is 4.98 Å². The van der Waals surface area contributed by atoms with Crippen LogP contribution in [0, 0.1) is 0 Å². The second-order valence-electron chi connectivity index (χ2n) is 2.88. The minimum absolute atomic E-state index is 0.283. The molecule has 0 bridgehead atoms. The van der Waals surface area contributed by atoms with Gasteiger partial charge in [-0.25, -0.2) is 4.98 Å².